The van der Waals surface area contributed by atoms with Gasteiger partial charge < -0.3 is 18.6 Å². The number of nitrogens with zero attached hydrogens (tertiary/aromatic N) is 1. The van der Waals surface area contributed by atoms with Crippen LogP contribution in [0.3, 0.4) is 0 Å². The molecule has 7 rings (SSSR count). The summed E-state index contributed by atoms with van der Waals surface area (Å²) in [5, 5.41) is 0. The maximum Gasteiger partial charge on any atom is 0.331 e. The molecule has 41 heavy (non-hydrogen) atoms. The van der Waals surface area contributed by atoms with Gasteiger partial charge in [0.1, 0.15) is 17.6 Å². The highest BCUT2D eigenvalue weighted by atomic mass is 16.5. The molecule has 4 heterocycles. The molecule has 7 nitrogen and oxygen atoms in total. The Morgan fingerprint density at radius 3 is 2.51 bits per heavy atom. The number of ketones is 1. The lowest BCUT2D eigenvalue weighted by Crippen LogP contribution is -2.67. The molecular formula is C34H41NO6. The van der Waals surface area contributed by atoms with Crippen LogP contribution in [0.25, 0.3) is 0 Å². The van der Waals surface area contributed by atoms with Gasteiger partial charge in [-0.2, -0.15) is 0 Å². The Bertz CT molecular complexity index is 1390. The van der Waals surface area contributed by atoms with E-state index in [2.05, 4.69) is 44.7 Å². The molecule has 7 atom stereocenters. The summed E-state index contributed by atoms with van der Waals surface area (Å²) in [5.74, 6) is 0.913. The summed E-state index contributed by atoms with van der Waals surface area (Å²) in [4.78, 5) is 30.2. The van der Waals surface area contributed by atoms with Crippen LogP contribution in [0.5, 0.6) is 5.75 Å². The van der Waals surface area contributed by atoms with E-state index in [1.807, 2.05) is 18.2 Å². The van der Waals surface area contributed by atoms with Crippen LogP contribution in [0.1, 0.15) is 70.6 Å². The van der Waals surface area contributed by atoms with Gasteiger partial charge >= 0.3 is 5.97 Å². The summed E-state index contributed by atoms with van der Waals surface area (Å²) in [7, 11) is 1.69. The number of benzene rings is 1. The summed E-state index contributed by atoms with van der Waals surface area (Å²) in [5.41, 5.74) is 1.21. The van der Waals surface area contributed by atoms with Crippen molar-refractivity contribution in [2.24, 2.45) is 28.1 Å². The lowest BCUT2D eigenvalue weighted by atomic mass is 9.39. The number of likely N-dealkylation sites (tertiary alicyclic amines) is 1. The van der Waals surface area contributed by atoms with Crippen LogP contribution >= 0.6 is 0 Å². The second-order valence-corrected chi connectivity index (χ2v) is 14.0. The minimum atomic E-state index is -0.768. The van der Waals surface area contributed by atoms with Crippen molar-refractivity contribution in [3.05, 3.63) is 65.6 Å². The predicted molar refractivity (Wildman–Crippen MR) is 152 cm³/mol. The number of ether oxygens (including phenoxy) is 3. The maximum absolute atomic E-state index is 14.5. The minimum absolute atomic E-state index is 0.0712. The van der Waals surface area contributed by atoms with Gasteiger partial charge in [0.05, 0.1) is 36.8 Å². The molecule has 1 aromatic heterocycles. The fourth-order valence-corrected chi connectivity index (χ4v) is 9.92. The van der Waals surface area contributed by atoms with E-state index in [1.165, 1.54) is 5.56 Å². The highest BCUT2D eigenvalue weighted by molar-refractivity contribution is 5.94. The van der Waals surface area contributed by atoms with Gasteiger partial charge in [0, 0.05) is 54.4 Å². The summed E-state index contributed by atoms with van der Waals surface area (Å²) >= 11 is 0. The lowest BCUT2D eigenvalue weighted by molar-refractivity contribution is -0.173. The van der Waals surface area contributed by atoms with Gasteiger partial charge in [0.15, 0.2) is 0 Å². The van der Waals surface area contributed by atoms with Crippen molar-refractivity contribution in [2.45, 2.75) is 77.7 Å². The molecule has 2 aliphatic carbocycles. The normalized spacial score (nSPS) is 39.6. The maximum atomic E-state index is 14.5. The van der Waals surface area contributed by atoms with Gasteiger partial charge in [-0.25, -0.2) is 4.79 Å². The van der Waals surface area contributed by atoms with Crippen LogP contribution in [0, 0.1) is 28.1 Å². The molecule has 2 aromatic rings. The third kappa shape index (κ3) is 3.70. The third-order valence-electron chi connectivity index (χ3n) is 11.7. The molecule has 1 spiro atoms. The Labute approximate surface area is 242 Å². The molecule has 7 heteroatoms. The van der Waals surface area contributed by atoms with Crippen molar-refractivity contribution in [3.8, 4) is 5.75 Å². The van der Waals surface area contributed by atoms with Crippen LogP contribution in [0.2, 0.25) is 0 Å². The van der Waals surface area contributed by atoms with Gasteiger partial charge in [-0.1, -0.05) is 19.1 Å². The van der Waals surface area contributed by atoms with Gasteiger partial charge in [0.25, 0.3) is 0 Å². The molecule has 0 amide bonds. The number of esters is 1. The average Bonchev–Trinajstić information content (AvgIpc) is 3.55. The highest BCUT2D eigenvalue weighted by Gasteiger charge is 2.74. The second-order valence-electron chi connectivity index (χ2n) is 14.0. The summed E-state index contributed by atoms with van der Waals surface area (Å²) < 4.78 is 23.6. The van der Waals surface area contributed by atoms with Crippen LogP contribution in [-0.2, 0) is 25.6 Å². The van der Waals surface area contributed by atoms with Gasteiger partial charge in [-0.05, 0) is 75.3 Å². The van der Waals surface area contributed by atoms with Crippen LogP contribution < -0.4 is 4.74 Å². The van der Waals surface area contributed by atoms with E-state index in [4.69, 9.17) is 18.6 Å². The van der Waals surface area contributed by atoms with Crippen molar-refractivity contribution in [2.75, 3.05) is 20.2 Å². The lowest BCUT2D eigenvalue weighted by Gasteiger charge is -2.64. The van der Waals surface area contributed by atoms with E-state index in [1.54, 1.807) is 25.7 Å². The van der Waals surface area contributed by atoms with Crippen molar-refractivity contribution in [1.82, 2.24) is 4.90 Å². The molecule has 5 aliphatic rings. The molecule has 0 N–H and O–H groups in total. The molecule has 218 valence electrons. The second kappa shape index (κ2) is 9.05. The molecule has 2 saturated heterocycles. The number of carbonyl (C=O) groups is 2. The van der Waals surface area contributed by atoms with E-state index in [0.29, 0.717) is 6.42 Å². The first-order chi connectivity index (χ1) is 19.5. The standard InChI is InChI=1S/C34H41NO6/c1-31(2)25-16-27(36)33(4)24(10-13-32(3)26(33)17-29(37)40-30(32)22-12-15-39-19-22)34(25)20-35(14-11-28(34)41-31)18-21-6-8-23(38-5)9-7-21/h6-9,12,15,17,19,24-25,28,30H,10-11,13-14,16,18,20H2,1-5H3/t24-,25-,28?,30-,32+,33+,34?/m0/s1. The summed E-state index contributed by atoms with van der Waals surface area (Å²) in [6, 6.07) is 10.2. The van der Waals surface area contributed by atoms with Crippen molar-refractivity contribution >= 4 is 11.8 Å². The van der Waals surface area contributed by atoms with E-state index >= 15 is 0 Å². The van der Waals surface area contributed by atoms with Crippen molar-refractivity contribution < 1.29 is 28.2 Å². The number of fused-ring (bicyclic) bond motifs is 3. The van der Waals surface area contributed by atoms with Gasteiger partial charge in [-0.3, -0.25) is 9.69 Å². The number of methoxy groups -OCH3 is 1. The zero-order chi connectivity index (χ0) is 28.8. The smallest absolute Gasteiger partial charge is 0.331 e. The number of rotatable bonds is 4. The fourth-order valence-electron chi connectivity index (χ4n) is 9.92. The Kier molecular flexibility index (Phi) is 5.95. The number of carbonyl (C=O) groups excluding carboxylic acids is 2. The Balaban J connectivity index is 1.30. The summed E-state index contributed by atoms with van der Waals surface area (Å²) in [6.45, 7) is 11.3. The van der Waals surface area contributed by atoms with Crippen LogP contribution in [-0.4, -0.2) is 48.6 Å². The quantitative estimate of drug-likeness (QED) is 0.432. The molecular weight excluding hydrogens is 518 g/mol. The van der Waals surface area contributed by atoms with E-state index in [-0.39, 0.29) is 35.1 Å². The first-order valence-electron chi connectivity index (χ1n) is 15.0. The molecule has 2 unspecified atom stereocenters. The van der Waals surface area contributed by atoms with Crippen LogP contribution in [0.4, 0.5) is 0 Å². The van der Waals surface area contributed by atoms with E-state index in [9.17, 15) is 9.59 Å². The van der Waals surface area contributed by atoms with E-state index in [0.717, 1.165) is 55.8 Å². The average molecular weight is 560 g/mol. The van der Waals surface area contributed by atoms with Gasteiger partial charge in [-0.15, -0.1) is 0 Å². The Morgan fingerprint density at radius 1 is 1.02 bits per heavy atom. The predicted octanol–water partition coefficient (Wildman–Crippen LogP) is 5.89. The summed E-state index contributed by atoms with van der Waals surface area (Å²) in [6.07, 6.45) is 7.66. The Hall–Kier alpha value is -2.90. The zero-order valence-electron chi connectivity index (χ0n) is 24.8. The number of furan rings is 1. The molecule has 3 aliphatic heterocycles. The van der Waals surface area contributed by atoms with Gasteiger partial charge in [0.2, 0.25) is 0 Å². The number of hydrogen-bond acceptors (Lipinski definition) is 7. The van der Waals surface area contributed by atoms with Crippen molar-refractivity contribution in [1.29, 1.82) is 0 Å². The highest BCUT2D eigenvalue weighted by Crippen LogP contribution is 2.72. The molecule has 1 aromatic carbocycles. The van der Waals surface area contributed by atoms with Crippen molar-refractivity contribution in [3.63, 3.8) is 0 Å². The first-order valence-corrected chi connectivity index (χ1v) is 15.0. The fraction of sp³-hybridized carbons (Fsp3) is 0.588. The molecule has 0 bridgehead atoms. The number of piperidine rings is 1. The Morgan fingerprint density at radius 2 is 1.80 bits per heavy atom. The number of Topliss-reactive ketones (excluding diaryl/α,β-unsaturated/α-hetero) is 1. The number of hydrogen-bond donors (Lipinski definition) is 0. The molecule has 2 saturated carbocycles. The molecule has 0 radical (unpaired) electrons. The number of cyclic esters (lactones) is 1. The van der Waals surface area contributed by atoms with Crippen LogP contribution in [0.15, 0.2) is 58.9 Å². The SMILES string of the molecule is COc1ccc(CN2CCC3OC(C)(C)[C@@H]4CC(=O)[C@@]5(C)C6=CC(=O)O[C@@H](c7ccoc7)[C@]6(C)CC[C@@H]5C34C2)cc1. The zero-order valence-corrected chi connectivity index (χ0v) is 24.8. The topological polar surface area (TPSA) is 78.2 Å². The molecule has 4 fully saturated rings. The first kappa shape index (κ1) is 27.0. The van der Waals surface area contributed by atoms with E-state index < -0.39 is 22.5 Å². The third-order valence-corrected chi connectivity index (χ3v) is 11.7. The monoisotopic (exact) mass is 559 g/mol. The largest absolute Gasteiger partial charge is 0.497 e. The minimum Gasteiger partial charge on any atom is -0.497 e.